The molecule has 2 aliphatic rings. The van der Waals surface area contributed by atoms with E-state index in [9.17, 15) is 9.59 Å². The molecule has 0 atom stereocenters. The van der Waals surface area contributed by atoms with Gasteiger partial charge >= 0.3 is 0 Å². The zero-order valence-electron chi connectivity index (χ0n) is 16.8. The fourth-order valence-electron chi connectivity index (χ4n) is 3.54. The number of hydrogen-bond donors (Lipinski definition) is 1. The van der Waals surface area contributed by atoms with Gasteiger partial charge in [0.1, 0.15) is 12.4 Å². The lowest BCUT2D eigenvalue weighted by Gasteiger charge is -2.34. The minimum atomic E-state index is -0.339. The fraction of sp³-hybridized carbons (Fsp3) is 0.304. The van der Waals surface area contributed by atoms with Crippen LogP contribution in [0.3, 0.4) is 0 Å². The number of imide groups is 1. The van der Waals surface area contributed by atoms with E-state index in [1.54, 1.807) is 6.08 Å². The highest BCUT2D eigenvalue weighted by atomic mass is 32.2. The second-order valence-corrected chi connectivity index (χ2v) is 8.39. The number of carbonyl (C=O) groups is 2. The molecule has 30 heavy (non-hydrogen) atoms. The summed E-state index contributed by atoms with van der Waals surface area (Å²) >= 11 is 0.924. The van der Waals surface area contributed by atoms with Gasteiger partial charge in [-0.25, -0.2) is 0 Å². The molecule has 1 N–H and O–H groups in total. The molecule has 0 unspecified atom stereocenters. The molecular weight excluding hydrogens is 398 g/mol. The van der Waals surface area contributed by atoms with E-state index in [1.807, 2.05) is 24.3 Å². The fourth-order valence-corrected chi connectivity index (χ4v) is 4.22. The summed E-state index contributed by atoms with van der Waals surface area (Å²) < 4.78 is 5.88. The van der Waals surface area contributed by atoms with Gasteiger partial charge in [-0.05, 0) is 41.1 Å². The van der Waals surface area contributed by atoms with Gasteiger partial charge in [0.15, 0.2) is 0 Å². The van der Waals surface area contributed by atoms with Crippen LogP contribution in [0.4, 0.5) is 4.79 Å². The van der Waals surface area contributed by atoms with Crippen molar-refractivity contribution in [3.05, 3.63) is 70.6 Å². The first kappa shape index (κ1) is 20.7. The van der Waals surface area contributed by atoms with Crippen molar-refractivity contribution in [1.29, 1.82) is 0 Å². The number of ether oxygens (including phenoxy) is 1. The minimum absolute atomic E-state index is 0.327. The normalized spacial score (nSPS) is 19.3. The molecule has 6 nitrogen and oxygen atoms in total. The summed E-state index contributed by atoms with van der Waals surface area (Å²) in [5, 5.41) is 1.93. The molecular formula is C23H25N3O3S. The van der Waals surface area contributed by atoms with Gasteiger partial charge in [-0.15, -0.1) is 0 Å². The summed E-state index contributed by atoms with van der Waals surface area (Å²) in [6.07, 6.45) is 1.71. The molecule has 2 aromatic rings. The van der Waals surface area contributed by atoms with Crippen molar-refractivity contribution < 1.29 is 14.3 Å². The molecule has 0 aromatic heterocycles. The third-order valence-corrected chi connectivity index (χ3v) is 6.02. The topological polar surface area (TPSA) is 61.9 Å². The van der Waals surface area contributed by atoms with Crippen molar-refractivity contribution in [3.63, 3.8) is 0 Å². The average Bonchev–Trinajstić information content (AvgIpc) is 3.08. The molecule has 0 saturated carbocycles. The molecule has 2 fully saturated rings. The highest BCUT2D eigenvalue weighted by Crippen LogP contribution is 2.26. The summed E-state index contributed by atoms with van der Waals surface area (Å²) in [5.41, 5.74) is 2.23. The first-order valence-electron chi connectivity index (χ1n) is 10.1. The highest BCUT2D eigenvalue weighted by molar-refractivity contribution is 8.18. The maximum atomic E-state index is 11.6. The number of amides is 2. The molecule has 2 amide bonds. The van der Waals surface area contributed by atoms with Crippen LogP contribution >= 0.6 is 11.8 Å². The summed E-state index contributed by atoms with van der Waals surface area (Å²) in [6, 6.07) is 18.2. The molecule has 2 heterocycles. The molecule has 2 aromatic carbocycles. The Labute approximate surface area is 180 Å². The van der Waals surface area contributed by atoms with Crippen LogP contribution in [0.15, 0.2) is 59.5 Å². The van der Waals surface area contributed by atoms with Gasteiger partial charge in [-0.3, -0.25) is 24.7 Å². The van der Waals surface area contributed by atoms with E-state index in [4.69, 9.17) is 4.74 Å². The average molecular weight is 424 g/mol. The molecule has 2 saturated heterocycles. The van der Waals surface area contributed by atoms with Gasteiger partial charge in [-0.2, -0.15) is 0 Å². The van der Waals surface area contributed by atoms with Crippen LogP contribution in [0.2, 0.25) is 0 Å². The van der Waals surface area contributed by atoms with E-state index in [1.165, 1.54) is 5.56 Å². The second-order valence-electron chi connectivity index (χ2n) is 7.37. The van der Waals surface area contributed by atoms with Crippen LogP contribution in [0, 0.1) is 0 Å². The smallest absolute Gasteiger partial charge is 0.290 e. The lowest BCUT2D eigenvalue weighted by molar-refractivity contribution is -0.115. The van der Waals surface area contributed by atoms with E-state index in [-0.39, 0.29) is 11.1 Å². The van der Waals surface area contributed by atoms with Crippen molar-refractivity contribution in [2.75, 3.05) is 39.3 Å². The zero-order valence-corrected chi connectivity index (χ0v) is 17.6. The lowest BCUT2D eigenvalue weighted by Crippen LogP contribution is -2.47. The van der Waals surface area contributed by atoms with E-state index >= 15 is 0 Å². The molecule has 156 valence electrons. The first-order valence-corrected chi connectivity index (χ1v) is 10.9. The zero-order chi connectivity index (χ0) is 20.8. The van der Waals surface area contributed by atoms with E-state index in [0.29, 0.717) is 11.5 Å². The Bertz CT molecular complexity index is 907. The quantitative estimate of drug-likeness (QED) is 0.690. The molecule has 4 rings (SSSR count). The molecule has 2 aliphatic heterocycles. The van der Waals surface area contributed by atoms with Crippen LogP contribution < -0.4 is 10.1 Å². The van der Waals surface area contributed by atoms with Gasteiger partial charge < -0.3 is 4.74 Å². The standard InChI is InChI=1S/C23H25N3O3S/c27-22-21(30-23(28)24-22)16-18-6-8-20(9-7-18)29-15-14-25-10-12-26(13-11-25)17-19-4-2-1-3-5-19/h1-9,16H,10-15,17H2,(H,24,27,28)/b21-16+. The van der Waals surface area contributed by atoms with Crippen molar-refractivity contribution in [2.24, 2.45) is 0 Å². The van der Waals surface area contributed by atoms with Crippen molar-refractivity contribution in [1.82, 2.24) is 15.1 Å². The third-order valence-electron chi connectivity index (χ3n) is 5.21. The number of nitrogens with zero attached hydrogens (tertiary/aromatic N) is 2. The summed E-state index contributed by atoms with van der Waals surface area (Å²) in [6.45, 7) is 6.83. The summed E-state index contributed by atoms with van der Waals surface area (Å²) in [4.78, 5) is 28.2. The Kier molecular flexibility index (Phi) is 6.84. The van der Waals surface area contributed by atoms with Gasteiger partial charge in [0, 0.05) is 39.3 Å². The van der Waals surface area contributed by atoms with Crippen LogP contribution in [-0.2, 0) is 11.3 Å². The number of benzene rings is 2. The molecule has 0 spiro atoms. The summed E-state index contributed by atoms with van der Waals surface area (Å²) in [5.74, 6) is 0.466. The van der Waals surface area contributed by atoms with Gasteiger partial charge in [0.2, 0.25) is 0 Å². The number of carbonyl (C=O) groups excluding carboxylic acids is 2. The first-order chi connectivity index (χ1) is 14.7. The largest absolute Gasteiger partial charge is 0.492 e. The van der Waals surface area contributed by atoms with E-state index in [2.05, 4.69) is 45.4 Å². The van der Waals surface area contributed by atoms with Crippen LogP contribution in [0.1, 0.15) is 11.1 Å². The maximum absolute atomic E-state index is 11.6. The van der Waals surface area contributed by atoms with Crippen LogP contribution in [-0.4, -0.2) is 60.3 Å². The summed E-state index contributed by atoms with van der Waals surface area (Å²) in [7, 11) is 0. The van der Waals surface area contributed by atoms with Gasteiger partial charge in [0.25, 0.3) is 11.1 Å². The van der Waals surface area contributed by atoms with E-state index < -0.39 is 0 Å². The Morgan fingerprint density at radius 3 is 2.30 bits per heavy atom. The van der Waals surface area contributed by atoms with Crippen LogP contribution in [0.25, 0.3) is 6.08 Å². The van der Waals surface area contributed by atoms with Crippen molar-refractivity contribution >= 4 is 29.0 Å². The van der Waals surface area contributed by atoms with Crippen molar-refractivity contribution in [3.8, 4) is 5.75 Å². The number of thioether (sulfide) groups is 1. The van der Waals surface area contributed by atoms with Crippen LogP contribution in [0.5, 0.6) is 5.75 Å². The Hall–Kier alpha value is -2.61. The maximum Gasteiger partial charge on any atom is 0.290 e. The Morgan fingerprint density at radius 1 is 0.933 bits per heavy atom. The second kappa shape index (κ2) is 9.93. The monoisotopic (exact) mass is 423 g/mol. The number of nitrogens with one attached hydrogen (secondary N) is 1. The molecule has 7 heteroatoms. The Morgan fingerprint density at radius 2 is 1.63 bits per heavy atom. The van der Waals surface area contributed by atoms with Gasteiger partial charge in [0.05, 0.1) is 4.91 Å². The predicted molar refractivity (Wildman–Crippen MR) is 119 cm³/mol. The predicted octanol–water partition coefficient (Wildman–Crippen LogP) is 3.21. The molecule has 0 bridgehead atoms. The number of piperazine rings is 1. The number of rotatable bonds is 7. The SMILES string of the molecule is O=C1NC(=O)/C(=C\c2ccc(OCCN3CCN(Cc4ccccc4)CC3)cc2)S1. The highest BCUT2D eigenvalue weighted by Gasteiger charge is 2.24. The molecule has 0 radical (unpaired) electrons. The third kappa shape index (κ3) is 5.72. The van der Waals surface area contributed by atoms with Gasteiger partial charge in [-0.1, -0.05) is 42.5 Å². The minimum Gasteiger partial charge on any atom is -0.492 e. The lowest BCUT2D eigenvalue weighted by atomic mass is 10.2. The number of hydrogen-bond acceptors (Lipinski definition) is 6. The van der Waals surface area contributed by atoms with Crippen molar-refractivity contribution in [2.45, 2.75) is 6.54 Å². The van der Waals surface area contributed by atoms with E-state index in [0.717, 1.165) is 62.3 Å². The Balaban J connectivity index is 1.18. The molecule has 0 aliphatic carbocycles.